The van der Waals surface area contributed by atoms with Crippen LogP contribution < -0.4 is 5.32 Å². The van der Waals surface area contributed by atoms with E-state index in [0.717, 1.165) is 17.2 Å². The highest BCUT2D eigenvalue weighted by molar-refractivity contribution is 5.94. The van der Waals surface area contributed by atoms with E-state index in [2.05, 4.69) is 15.3 Å². The molecule has 1 amide bonds. The lowest BCUT2D eigenvalue weighted by molar-refractivity contribution is 0.0951. The van der Waals surface area contributed by atoms with Crippen molar-refractivity contribution in [3.05, 3.63) is 78.0 Å². The SMILES string of the molecule is Cc1nccn1-c1ccc(CNC(=O)c2ccccc2)cn1. The van der Waals surface area contributed by atoms with Gasteiger partial charge in [-0.05, 0) is 30.7 Å². The Morgan fingerprint density at radius 1 is 1.14 bits per heavy atom. The maximum absolute atomic E-state index is 12.0. The van der Waals surface area contributed by atoms with Crippen molar-refractivity contribution in [2.45, 2.75) is 13.5 Å². The second-order valence-electron chi connectivity index (χ2n) is 4.92. The minimum absolute atomic E-state index is 0.0878. The summed E-state index contributed by atoms with van der Waals surface area (Å²) in [6.07, 6.45) is 5.37. The van der Waals surface area contributed by atoms with Gasteiger partial charge in [0.05, 0.1) is 0 Å². The van der Waals surface area contributed by atoms with Gasteiger partial charge in [0.2, 0.25) is 0 Å². The van der Waals surface area contributed by atoms with Crippen LogP contribution in [0.4, 0.5) is 0 Å². The summed E-state index contributed by atoms with van der Waals surface area (Å²) < 4.78 is 1.91. The van der Waals surface area contributed by atoms with E-state index in [9.17, 15) is 4.79 Å². The van der Waals surface area contributed by atoms with Crippen LogP contribution in [0, 0.1) is 6.92 Å². The molecule has 3 rings (SSSR count). The molecule has 0 spiro atoms. The quantitative estimate of drug-likeness (QED) is 0.803. The second kappa shape index (κ2) is 6.22. The van der Waals surface area contributed by atoms with E-state index in [1.54, 1.807) is 24.5 Å². The van der Waals surface area contributed by atoms with Gasteiger partial charge in [0.25, 0.3) is 5.91 Å². The Morgan fingerprint density at radius 2 is 1.95 bits per heavy atom. The Labute approximate surface area is 128 Å². The number of aromatic nitrogens is 3. The number of nitrogens with one attached hydrogen (secondary N) is 1. The van der Waals surface area contributed by atoms with Crippen molar-refractivity contribution in [1.82, 2.24) is 19.9 Å². The predicted molar refractivity (Wildman–Crippen MR) is 83.7 cm³/mol. The number of rotatable bonds is 4. The summed E-state index contributed by atoms with van der Waals surface area (Å²) in [5.74, 6) is 1.61. The minimum atomic E-state index is -0.0878. The van der Waals surface area contributed by atoms with Gasteiger partial charge < -0.3 is 5.32 Å². The Morgan fingerprint density at radius 3 is 2.59 bits per heavy atom. The normalized spacial score (nSPS) is 10.4. The van der Waals surface area contributed by atoms with E-state index in [4.69, 9.17) is 0 Å². The van der Waals surface area contributed by atoms with Gasteiger partial charge in [0.1, 0.15) is 11.6 Å². The van der Waals surface area contributed by atoms with Gasteiger partial charge in [0, 0.05) is 30.7 Å². The van der Waals surface area contributed by atoms with Crippen LogP contribution in [0.15, 0.2) is 61.1 Å². The second-order valence-corrected chi connectivity index (χ2v) is 4.92. The zero-order valence-electron chi connectivity index (χ0n) is 12.2. The fourth-order valence-corrected chi connectivity index (χ4v) is 2.16. The number of aryl methyl sites for hydroxylation is 1. The van der Waals surface area contributed by atoms with Crippen LogP contribution in [0.1, 0.15) is 21.7 Å². The number of pyridine rings is 1. The topological polar surface area (TPSA) is 59.8 Å². The lowest BCUT2D eigenvalue weighted by Crippen LogP contribution is -2.22. The van der Waals surface area contributed by atoms with Crippen molar-refractivity contribution in [3.63, 3.8) is 0 Å². The van der Waals surface area contributed by atoms with E-state index in [0.29, 0.717) is 12.1 Å². The number of benzene rings is 1. The smallest absolute Gasteiger partial charge is 0.251 e. The average Bonchev–Trinajstić information content (AvgIpc) is 3.00. The molecule has 0 radical (unpaired) electrons. The highest BCUT2D eigenvalue weighted by Gasteiger charge is 2.05. The van der Waals surface area contributed by atoms with E-state index in [1.807, 2.05) is 48.0 Å². The Kier molecular flexibility index (Phi) is 3.96. The van der Waals surface area contributed by atoms with Gasteiger partial charge in [-0.2, -0.15) is 0 Å². The molecule has 0 fully saturated rings. The maximum Gasteiger partial charge on any atom is 0.251 e. The van der Waals surface area contributed by atoms with Crippen molar-refractivity contribution >= 4 is 5.91 Å². The number of amides is 1. The summed E-state index contributed by atoms with van der Waals surface area (Å²) in [7, 11) is 0. The van der Waals surface area contributed by atoms with Crippen LogP contribution >= 0.6 is 0 Å². The third kappa shape index (κ3) is 3.03. The first kappa shape index (κ1) is 14.0. The molecule has 5 nitrogen and oxygen atoms in total. The van der Waals surface area contributed by atoms with Gasteiger partial charge in [-0.15, -0.1) is 0 Å². The first-order valence-corrected chi connectivity index (χ1v) is 7.02. The first-order valence-electron chi connectivity index (χ1n) is 7.02. The van der Waals surface area contributed by atoms with Gasteiger partial charge in [-0.3, -0.25) is 9.36 Å². The highest BCUT2D eigenvalue weighted by Crippen LogP contribution is 2.08. The first-order chi connectivity index (χ1) is 10.7. The van der Waals surface area contributed by atoms with E-state index in [-0.39, 0.29) is 5.91 Å². The Hall–Kier alpha value is -2.95. The molecule has 1 aromatic carbocycles. The zero-order chi connectivity index (χ0) is 15.4. The Balaban J connectivity index is 1.65. The number of carbonyl (C=O) groups is 1. The molecule has 2 aromatic heterocycles. The van der Waals surface area contributed by atoms with Crippen LogP contribution in [0.2, 0.25) is 0 Å². The van der Waals surface area contributed by atoms with Gasteiger partial charge >= 0.3 is 0 Å². The average molecular weight is 292 g/mol. The number of hydrogen-bond donors (Lipinski definition) is 1. The van der Waals surface area contributed by atoms with Crippen LogP contribution in [0.5, 0.6) is 0 Å². The lowest BCUT2D eigenvalue weighted by Gasteiger charge is -2.07. The minimum Gasteiger partial charge on any atom is -0.348 e. The molecule has 0 aliphatic rings. The van der Waals surface area contributed by atoms with Crippen LogP contribution in [-0.4, -0.2) is 20.4 Å². The van der Waals surface area contributed by atoms with E-state index < -0.39 is 0 Å². The molecule has 0 unspecified atom stereocenters. The van der Waals surface area contributed by atoms with Crippen LogP contribution in [0.25, 0.3) is 5.82 Å². The largest absolute Gasteiger partial charge is 0.348 e. The molecular weight excluding hydrogens is 276 g/mol. The molecule has 0 atom stereocenters. The molecule has 3 aromatic rings. The van der Waals surface area contributed by atoms with E-state index in [1.165, 1.54) is 0 Å². The highest BCUT2D eigenvalue weighted by atomic mass is 16.1. The molecule has 110 valence electrons. The van der Waals surface area contributed by atoms with Crippen molar-refractivity contribution in [3.8, 4) is 5.82 Å². The van der Waals surface area contributed by atoms with Crippen LogP contribution in [-0.2, 0) is 6.54 Å². The van der Waals surface area contributed by atoms with Gasteiger partial charge in [0.15, 0.2) is 0 Å². The molecule has 22 heavy (non-hydrogen) atoms. The molecule has 0 bridgehead atoms. The molecule has 2 heterocycles. The molecular formula is C17H16N4O. The summed E-state index contributed by atoms with van der Waals surface area (Å²) in [5.41, 5.74) is 1.60. The number of nitrogens with zero attached hydrogens (tertiary/aromatic N) is 3. The van der Waals surface area contributed by atoms with Crippen molar-refractivity contribution < 1.29 is 4.79 Å². The summed E-state index contributed by atoms with van der Waals surface area (Å²) >= 11 is 0. The molecule has 0 saturated carbocycles. The van der Waals surface area contributed by atoms with Gasteiger partial charge in [-0.25, -0.2) is 9.97 Å². The summed E-state index contributed by atoms with van der Waals surface area (Å²) in [4.78, 5) is 20.6. The molecule has 0 aliphatic carbocycles. The molecule has 0 saturated heterocycles. The summed E-state index contributed by atoms with van der Waals surface area (Å²) in [6.45, 7) is 2.37. The third-order valence-electron chi connectivity index (χ3n) is 3.37. The fourth-order valence-electron chi connectivity index (χ4n) is 2.16. The maximum atomic E-state index is 12.0. The number of hydrogen-bond acceptors (Lipinski definition) is 3. The molecule has 0 aliphatic heterocycles. The summed E-state index contributed by atoms with van der Waals surface area (Å²) in [6, 6.07) is 13.0. The van der Waals surface area contributed by atoms with Crippen LogP contribution in [0.3, 0.4) is 0 Å². The Bertz CT molecular complexity index is 763. The standard InChI is InChI=1S/C17H16N4O/c1-13-18-9-10-21(13)16-8-7-14(11-19-16)12-20-17(22)15-5-3-2-4-6-15/h2-11H,12H2,1H3,(H,20,22). The predicted octanol–water partition coefficient (Wildman–Crippen LogP) is 2.51. The van der Waals surface area contributed by atoms with E-state index >= 15 is 0 Å². The monoisotopic (exact) mass is 292 g/mol. The molecule has 5 heteroatoms. The number of carbonyl (C=O) groups excluding carboxylic acids is 1. The summed E-state index contributed by atoms with van der Waals surface area (Å²) in [5, 5.41) is 2.88. The number of imidazole rings is 1. The molecule has 1 N–H and O–H groups in total. The zero-order valence-corrected chi connectivity index (χ0v) is 12.2. The van der Waals surface area contributed by atoms with Crippen molar-refractivity contribution in [2.24, 2.45) is 0 Å². The fraction of sp³-hybridized carbons (Fsp3) is 0.118. The van der Waals surface area contributed by atoms with Crippen molar-refractivity contribution in [1.29, 1.82) is 0 Å². The van der Waals surface area contributed by atoms with Crippen molar-refractivity contribution in [2.75, 3.05) is 0 Å². The van der Waals surface area contributed by atoms with Gasteiger partial charge in [-0.1, -0.05) is 24.3 Å². The third-order valence-corrected chi connectivity index (χ3v) is 3.37. The lowest BCUT2D eigenvalue weighted by atomic mass is 10.2.